The Kier molecular flexibility index (Phi) is 4.12. The molecule has 0 amide bonds. The number of aromatic nitrogens is 1. The van der Waals surface area contributed by atoms with E-state index < -0.39 is 12.1 Å². The molecule has 0 bridgehead atoms. The smallest absolute Gasteiger partial charge is 0.249 e. The van der Waals surface area contributed by atoms with E-state index in [1.54, 1.807) is 6.07 Å². The Morgan fingerprint density at radius 3 is 2.62 bits per heavy atom. The Morgan fingerprint density at radius 1 is 1.54 bits per heavy atom. The minimum absolute atomic E-state index is 0.00414. The fraction of sp³-hybridized carbons (Fsp3) is 0.286. The largest absolute Gasteiger partial charge is 0.281 e. The van der Waals surface area contributed by atoms with Crippen LogP contribution in [0.5, 0.6) is 0 Å². The van der Waals surface area contributed by atoms with Gasteiger partial charge >= 0.3 is 0 Å². The number of hydrogen-bond acceptors (Lipinski definition) is 1. The van der Waals surface area contributed by atoms with Crippen LogP contribution in [0.2, 0.25) is 5.02 Å². The first-order chi connectivity index (χ1) is 6.06. The van der Waals surface area contributed by atoms with E-state index in [0.717, 1.165) is 0 Å². The van der Waals surface area contributed by atoms with Crippen molar-refractivity contribution in [3.05, 3.63) is 26.0 Å². The van der Waals surface area contributed by atoms with Crippen LogP contribution in [0.4, 0.5) is 8.78 Å². The molecule has 0 spiro atoms. The zero-order valence-corrected chi connectivity index (χ0v) is 9.87. The SMILES string of the molecule is FC(F)c1nc(CCl)cc(I)c1Cl. The normalized spacial score (nSPS) is 10.9. The fourth-order valence-corrected chi connectivity index (χ4v) is 1.73. The van der Waals surface area contributed by atoms with Gasteiger partial charge in [0.2, 0.25) is 0 Å². The molecule has 0 aliphatic heterocycles. The minimum atomic E-state index is -2.66. The Hall–Kier alpha value is 0.320. The third-order valence-corrected chi connectivity index (χ3v) is 3.18. The van der Waals surface area contributed by atoms with E-state index in [0.29, 0.717) is 9.26 Å². The highest BCUT2D eigenvalue weighted by molar-refractivity contribution is 14.1. The van der Waals surface area contributed by atoms with Crippen LogP contribution >= 0.6 is 45.8 Å². The van der Waals surface area contributed by atoms with Crippen molar-refractivity contribution in [3.8, 4) is 0 Å². The highest BCUT2D eigenvalue weighted by Crippen LogP contribution is 2.29. The average molecular weight is 338 g/mol. The minimum Gasteiger partial charge on any atom is -0.249 e. The molecule has 1 aromatic heterocycles. The van der Waals surface area contributed by atoms with E-state index in [4.69, 9.17) is 23.2 Å². The summed E-state index contributed by atoms with van der Waals surface area (Å²) in [5.41, 5.74) is 0.00924. The fourth-order valence-electron chi connectivity index (χ4n) is 0.781. The molecule has 1 aromatic rings. The molecule has 1 heterocycles. The summed E-state index contributed by atoms with van der Waals surface area (Å²) in [5.74, 6) is 0.104. The molecule has 0 aliphatic carbocycles. The monoisotopic (exact) mass is 337 g/mol. The summed E-state index contributed by atoms with van der Waals surface area (Å²) in [4.78, 5) is 3.63. The van der Waals surface area contributed by atoms with Gasteiger partial charge in [0.05, 0.1) is 16.6 Å². The topological polar surface area (TPSA) is 12.9 Å². The van der Waals surface area contributed by atoms with Gasteiger partial charge in [0.15, 0.2) is 0 Å². The second kappa shape index (κ2) is 4.70. The van der Waals surface area contributed by atoms with Crippen molar-refractivity contribution < 1.29 is 8.78 Å². The summed E-state index contributed by atoms with van der Waals surface area (Å²) < 4.78 is 25.2. The van der Waals surface area contributed by atoms with Gasteiger partial charge in [-0.2, -0.15) is 0 Å². The Morgan fingerprint density at radius 2 is 2.15 bits per heavy atom. The maximum Gasteiger partial charge on any atom is 0.281 e. The van der Waals surface area contributed by atoms with Crippen molar-refractivity contribution in [2.45, 2.75) is 12.3 Å². The van der Waals surface area contributed by atoms with Crippen LogP contribution in [0.1, 0.15) is 17.8 Å². The summed E-state index contributed by atoms with van der Waals surface area (Å²) in [6, 6.07) is 1.59. The van der Waals surface area contributed by atoms with E-state index in [2.05, 4.69) is 4.98 Å². The molecule has 0 unspecified atom stereocenters. The molecular weight excluding hydrogens is 334 g/mol. The van der Waals surface area contributed by atoms with E-state index in [9.17, 15) is 8.78 Å². The standard InChI is InChI=1S/C7H4Cl2F2IN/c8-2-3-1-4(12)5(9)6(13-3)7(10)11/h1,7H,2H2. The molecule has 1 nitrogen and oxygen atoms in total. The van der Waals surface area contributed by atoms with Crippen LogP contribution in [0.25, 0.3) is 0 Å². The molecule has 0 aromatic carbocycles. The molecule has 1 rings (SSSR count). The van der Waals surface area contributed by atoms with Gasteiger partial charge in [-0.15, -0.1) is 11.6 Å². The lowest BCUT2D eigenvalue weighted by atomic mass is 10.3. The maximum atomic E-state index is 12.3. The van der Waals surface area contributed by atoms with Crippen molar-refractivity contribution in [1.82, 2.24) is 4.98 Å². The number of pyridine rings is 1. The van der Waals surface area contributed by atoms with Crippen LogP contribution in [0.3, 0.4) is 0 Å². The van der Waals surface area contributed by atoms with Crippen LogP contribution in [-0.4, -0.2) is 4.98 Å². The molecule has 13 heavy (non-hydrogen) atoms. The van der Waals surface area contributed by atoms with Crippen molar-refractivity contribution in [3.63, 3.8) is 0 Å². The highest BCUT2D eigenvalue weighted by atomic mass is 127. The molecule has 0 saturated carbocycles. The zero-order valence-electron chi connectivity index (χ0n) is 6.20. The van der Waals surface area contributed by atoms with E-state index in [1.807, 2.05) is 22.6 Å². The second-order valence-corrected chi connectivity index (χ2v) is 4.04. The van der Waals surface area contributed by atoms with Crippen molar-refractivity contribution in [2.75, 3.05) is 0 Å². The maximum absolute atomic E-state index is 12.3. The second-order valence-electron chi connectivity index (χ2n) is 2.23. The van der Waals surface area contributed by atoms with Gasteiger partial charge in [-0.1, -0.05) is 11.6 Å². The number of halogens is 5. The molecule has 0 aliphatic rings. The summed E-state index contributed by atoms with van der Waals surface area (Å²) in [6.07, 6.45) is -2.66. The Labute approximate surface area is 97.6 Å². The van der Waals surface area contributed by atoms with E-state index >= 15 is 0 Å². The third kappa shape index (κ3) is 2.63. The molecule has 0 radical (unpaired) electrons. The lowest BCUT2D eigenvalue weighted by molar-refractivity contribution is 0.146. The van der Waals surface area contributed by atoms with Gasteiger partial charge in [-0.3, -0.25) is 0 Å². The Balaban J connectivity index is 3.25. The first-order valence-corrected chi connectivity index (χ1v) is 5.24. The zero-order chi connectivity index (χ0) is 10.0. The Bertz CT molecular complexity index is 320. The van der Waals surface area contributed by atoms with Gasteiger partial charge in [-0.25, -0.2) is 13.8 Å². The first-order valence-electron chi connectivity index (χ1n) is 3.25. The molecule has 6 heteroatoms. The molecule has 0 saturated heterocycles. The summed E-state index contributed by atoms with van der Waals surface area (Å²) >= 11 is 13.0. The van der Waals surface area contributed by atoms with E-state index in [-0.39, 0.29) is 10.9 Å². The number of alkyl halides is 3. The van der Waals surface area contributed by atoms with Crippen LogP contribution < -0.4 is 0 Å². The van der Waals surface area contributed by atoms with Crippen molar-refractivity contribution in [1.29, 1.82) is 0 Å². The molecule has 0 fully saturated rings. The van der Waals surface area contributed by atoms with Crippen molar-refractivity contribution in [2.24, 2.45) is 0 Å². The van der Waals surface area contributed by atoms with Crippen LogP contribution in [0.15, 0.2) is 6.07 Å². The van der Waals surface area contributed by atoms with Crippen LogP contribution in [-0.2, 0) is 5.88 Å². The molecule has 72 valence electrons. The van der Waals surface area contributed by atoms with Gasteiger partial charge in [-0.05, 0) is 28.7 Å². The van der Waals surface area contributed by atoms with Gasteiger partial charge < -0.3 is 0 Å². The van der Waals surface area contributed by atoms with Gasteiger partial charge in [0, 0.05) is 3.57 Å². The average Bonchev–Trinajstić information content (AvgIpc) is 2.09. The molecule has 0 N–H and O–H groups in total. The van der Waals surface area contributed by atoms with Gasteiger partial charge in [0.25, 0.3) is 6.43 Å². The number of rotatable bonds is 2. The molecular formula is C7H4Cl2F2IN. The first kappa shape index (κ1) is 11.4. The van der Waals surface area contributed by atoms with E-state index in [1.165, 1.54) is 0 Å². The summed E-state index contributed by atoms with van der Waals surface area (Å²) in [6.45, 7) is 0. The predicted octanol–water partition coefficient (Wildman–Crippen LogP) is 4.02. The lowest BCUT2D eigenvalue weighted by Crippen LogP contribution is -1.98. The summed E-state index contributed by atoms with van der Waals surface area (Å²) in [7, 11) is 0. The molecule has 0 atom stereocenters. The number of nitrogens with zero attached hydrogens (tertiary/aromatic N) is 1. The summed E-state index contributed by atoms with van der Waals surface area (Å²) in [5, 5.41) is 0.00414. The van der Waals surface area contributed by atoms with Crippen molar-refractivity contribution >= 4 is 45.8 Å². The van der Waals surface area contributed by atoms with Crippen LogP contribution in [0, 0.1) is 3.57 Å². The van der Waals surface area contributed by atoms with Gasteiger partial charge in [0.1, 0.15) is 5.69 Å². The number of hydrogen-bond donors (Lipinski definition) is 0. The lowest BCUT2D eigenvalue weighted by Gasteiger charge is -2.05. The predicted molar refractivity (Wildman–Crippen MR) is 56.5 cm³/mol. The third-order valence-electron chi connectivity index (χ3n) is 1.34. The highest BCUT2D eigenvalue weighted by Gasteiger charge is 2.17. The quantitative estimate of drug-likeness (QED) is 0.587.